The predicted molar refractivity (Wildman–Crippen MR) is 119 cm³/mol. The van der Waals surface area contributed by atoms with Gasteiger partial charge in [-0.3, -0.25) is 0 Å². The fourth-order valence-corrected chi connectivity index (χ4v) is 2.76. The molecular weight excluding hydrogens is 382 g/mol. The summed E-state index contributed by atoms with van der Waals surface area (Å²) in [4.78, 5) is 12.1. The van der Waals surface area contributed by atoms with E-state index in [1.165, 1.54) is 6.08 Å². The standard InChI is InChI=1S/C25H20ClNO2/c1-2-29-25(28)18-24(20-8-4-3-5-9-20)27-23-11-7-6-10-21(23)15-12-19-13-16-22(26)17-14-19/h3-11,13-14,16-18,27H,2H2,1H3/b24-18-. The van der Waals surface area contributed by atoms with Crippen molar-refractivity contribution in [3.05, 3.63) is 107 Å². The van der Waals surface area contributed by atoms with E-state index in [2.05, 4.69) is 17.2 Å². The van der Waals surface area contributed by atoms with Crippen LogP contribution in [0.15, 0.2) is 84.9 Å². The molecule has 3 rings (SSSR count). The molecule has 3 nitrogen and oxygen atoms in total. The Bertz CT molecular complexity index is 1060. The van der Waals surface area contributed by atoms with Crippen LogP contribution in [0.25, 0.3) is 5.70 Å². The molecule has 0 unspecified atom stereocenters. The lowest BCUT2D eigenvalue weighted by Gasteiger charge is -2.13. The first-order valence-corrected chi connectivity index (χ1v) is 9.61. The smallest absolute Gasteiger partial charge is 0.332 e. The summed E-state index contributed by atoms with van der Waals surface area (Å²) in [7, 11) is 0. The Morgan fingerprint density at radius 3 is 2.38 bits per heavy atom. The zero-order chi connectivity index (χ0) is 20.5. The van der Waals surface area contributed by atoms with Crippen molar-refractivity contribution in [2.45, 2.75) is 6.92 Å². The zero-order valence-electron chi connectivity index (χ0n) is 16.0. The van der Waals surface area contributed by atoms with Gasteiger partial charge in [-0.05, 0) is 48.9 Å². The predicted octanol–water partition coefficient (Wildman–Crippen LogP) is 5.76. The first kappa shape index (κ1) is 20.3. The van der Waals surface area contributed by atoms with Gasteiger partial charge >= 0.3 is 5.97 Å². The molecule has 0 bridgehead atoms. The molecule has 0 saturated heterocycles. The number of nitrogens with one attached hydrogen (secondary N) is 1. The quantitative estimate of drug-likeness (QED) is 0.336. The summed E-state index contributed by atoms with van der Waals surface area (Å²) in [5.74, 6) is 5.93. The van der Waals surface area contributed by atoms with Crippen LogP contribution in [0.3, 0.4) is 0 Å². The molecule has 0 amide bonds. The van der Waals surface area contributed by atoms with Crippen LogP contribution in [0.1, 0.15) is 23.6 Å². The van der Waals surface area contributed by atoms with Crippen molar-refractivity contribution in [2.24, 2.45) is 0 Å². The minimum Gasteiger partial charge on any atom is -0.463 e. The lowest BCUT2D eigenvalue weighted by molar-refractivity contribution is -0.137. The number of halogens is 1. The van der Waals surface area contributed by atoms with E-state index < -0.39 is 5.97 Å². The second-order valence-corrected chi connectivity index (χ2v) is 6.54. The largest absolute Gasteiger partial charge is 0.463 e. The minimum atomic E-state index is -0.399. The highest BCUT2D eigenvalue weighted by molar-refractivity contribution is 6.30. The maximum Gasteiger partial charge on any atom is 0.332 e. The molecule has 0 saturated carbocycles. The third-order valence-corrected chi connectivity index (χ3v) is 4.27. The van der Waals surface area contributed by atoms with Crippen molar-refractivity contribution in [1.82, 2.24) is 0 Å². The average Bonchev–Trinajstić information content (AvgIpc) is 2.74. The van der Waals surface area contributed by atoms with Crippen LogP contribution in [0.4, 0.5) is 5.69 Å². The SMILES string of the molecule is CCOC(=O)/C=C(\Nc1ccccc1C#Cc1ccc(Cl)cc1)c1ccccc1. The molecule has 0 heterocycles. The Morgan fingerprint density at radius 2 is 1.66 bits per heavy atom. The molecule has 0 atom stereocenters. The van der Waals surface area contributed by atoms with Gasteiger partial charge in [-0.2, -0.15) is 0 Å². The number of carbonyl (C=O) groups excluding carboxylic acids is 1. The minimum absolute atomic E-state index is 0.320. The summed E-state index contributed by atoms with van der Waals surface area (Å²) in [6, 6.07) is 24.7. The Kier molecular flexibility index (Phi) is 7.10. The van der Waals surface area contributed by atoms with Crippen LogP contribution in [-0.2, 0) is 9.53 Å². The normalized spacial score (nSPS) is 10.6. The highest BCUT2D eigenvalue weighted by atomic mass is 35.5. The van der Waals surface area contributed by atoms with Crippen LogP contribution in [-0.4, -0.2) is 12.6 Å². The van der Waals surface area contributed by atoms with Crippen LogP contribution < -0.4 is 5.32 Å². The van der Waals surface area contributed by atoms with E-state index in [0.717, 1.165) is 22.4 Å². The first-order valence-electron chi connectivity index (χ1n) is 9.23. The van der Waals surface area contributed by atoms with Crippen LogP contribution >= 0.6 is 11.6 Å². The first-order chi connectivity index (χ1) is 14.2. The van der Waals surface area contributed by atoms with Crippen molar-refractivity contribution in [2.75, 3.05) is 11.9 Å². The Balaban J connectivity index is 1.93. The second kappa shape index (κ2) is 10.2. The summed E-state index contributed by atoms with van der Waals surface area (Å²) < 4.78 is 5.08. The summed E-state index contributed by atoms with van der Waals surface area (Å²) in [6.45, 7) is 2.10. The van der Waals surface area contributed by atoms with Gasteiger partial charge in [-0.25, -0.2) is 4.79 Å². The van der Waals surface area contributed by atoms with E-state index in [9.17, 15) is 4.79 Å². The average molecular weight is 402 g/mol. The number of hydrogen-bond donors (Lipinski definition) is 1. The van der Waals surface area contributed by atoms with Gasteiger partial charge in [0.05, 0.1) is 18.0 Å². The second-order valence-electron chi connectivity index (χ2n) is 6.10. The lowest BCUT2D eigenvalue weighted by Crippen LogP contribution is -2.06. The number of anilines is 1. The summed E-state index contributed by atoms with van der Waals surface area (Å²) in [5, 5.41) is 4.01. The number of esters is 1. The zero-order valence-corrected chi connectivity index (χ0v) is 16.7. The van der Waals surface area contributed by atoms with E-state index in [1.54, 1.807) is 6.92 Å². The van der Waals surface area contributed by atoms with Crippen LogP contribution in [0, 0.1) is 11.8 Å². The highest BCUT2D eigenvalue weighted by Gasteiger charge is 2.08. The maximum atomic E-state index is 12.1. The van der Waals surface area contributed by atoms with Gasteiger partial charge in [0.1, 0.15) is 0 Å². The fraction of sp³-hybridized carbons (Fsp3) is 0.0800. The molecular formula is C25H20ClNO2. The number of carbonyl (C=O) groups is 1. The van der Waals surface area contributed by atoms with Gasteiger partial charge in [-0.15, -0.1) is 0 Å². The summed E-state index contributed by atoms with van der Waals surface area (Å²) >= 11 is 5.93. The van der Waals surface area contributed by atoms with Crippen molar-refractivity contribution in [3.8, 4) is 11.8 Å². The summed E-state index contributed by atoms with van der Waals surface area (Å²) in [5.41, 5.74) is 4.00. The van der Waals surface area contributed by atoms with E-state index >= 15 is 0 Å². The van der Waals surface area contributed by atoms with E-state index in [-0.39, 0.29) is 0 Å². The Labute approximate surface area is 176 Å². The third kappa shape index (κ3) is 6.00. The number of hydrogen-bond acceptors (Lipinski definition) is 3. The summed E-state index contributed by atoms with van der Waals surface area (Å²) in [6.07, 6.45) is 1.46. The third-order valence-electron chi connectivity index (χ3n) is 4.02. The van der Waals surface area contributed by atoms with Crippen molar-refractivity contribution < 1.29 is 9.53 Å². The molecule has 0 fully saturated rings. The molecule has 0 aliphatic rings. The topological polar surface area (TPSA) is 38.3 Å². The molecule has 0 radical (unpaired) electrons. The molecule has 0 aliphatic carbocycles. The van der Waals surface area contributed by atoms with Crippen molar-refractivity contribution >= 4 is 29.0 Å². The van der Waals surface area contributed by atoms with Crippen LogP contribution in [0.2, 0.25) is 5.02 Å². The molecule has 0 aliphatic heterocycles. The van der Waals surface area contributed by atoms with Gasteiger partial charge in [0, 0.05) is 22.2 Å². The van der Waals surface area contributed by atoms with Gasteiger partial charge in [0.15, 0.2) is 0 Å². The Hall–Kier alpha value is -3.48. The molecule has 3 aromatic carbocycles. The maximum absolute atomic E-state index is 12.1. The molecule has 3 aromatic rings. The number of ether oxygens (including phenoxy) is 1. The molecule has 4 heteroatoms. The van der Waals surface area contributed by atoms with E-state index in [0.29, 0.717) is 17.3 Å². The highest BCUT2D eigenvalue weighted by Crippen LogP contribution is 2.22. The van der Waals surface area contributed by atoms with Crippen molar-refractivity contribution in [3.63, 3.8) is 0 Å². The number of rotatable bonds is 5. The van der Waals surface area contributed by atoms with Gasteiger partial charge in [0.25, 0.3) is 0 Å². The molecule has 1 N–H and O–H groups in total. The monoisotopic (exact) mass is 401 g/mol. The molecule has 144 valence electrons. The van der Waals surface area contributed by atoms with Gasteiger partial charge in [0.2, 0.25) is 0 Å². The van der Waals surface area contributed by atoms with E-state index in [1.807, 2.05) is 78.9 Å². The van der Waals surface area contributed by atoms with Crippen LogP contribution in [0.5, 0.6) is 0 Å². The molecule has 0 aromatic heterocycles. The van der Waals surface area contributed by atoms with Gasteiger partial charge in [-0.1, -0.05) is 65.9 Å². The Morgan fingerprint density at radius 1 is 0.966 bits per heavy atom. The number of benzene rings is 3. The van der Waals surface area contributed by atoms with Gasteiger partial charge < -0.3 is 10.1 Å². The van der Waals surface area contributed by atoms with E-state index in [4.69, 9.17) is 16.3 Å². The molecule has 0 spiro atoms. The fourth-order valence-electron chi connectivity index (χ4n) is 2.63. The molecule has 29 heavy (non-hydrogen) atoms. The van der Waals surface area contributed by atoms with Crippen molar-refractivity contribution in [1.29, 1.82) is 0 Å². The lowest BCUT2D eigenvalue weighted by atomic mass is 10.1. The number of para-hydroxylation sites is 1.